The van der Waals surface area contributed by atoms with E-state index in [1.165, 1.54) is 0 Å². The zero-order chi connectivity index (χ0) is 19.3. The number of benzene rings is 1. The number of carbonyl (C=O) groups is 1. The minimum Gasteiger partial charge on any atom is -0.378 e. The van der Waals surface area contributed by atoms with Gasteiger partial charge in [0.05, 0.1) is 19.6 Å². The lowest BCUT2D eigenvalue weighted by molar-refractivity contribution is -0.130. The van der Waals surface area contributed by atoms with Gasteiger partial charge in [-0.15, -0.1) is 10.2 Å². The van der Waals surface area contributed by atoms with Gasteiger partial charge in [-0.2, -0.15) is 0 Å². The maximum absolute atomic E-state index is 12.5. The molecular formula is C20H24ClN5O2. The Hall–Kier alpha value is -2.38. The van der Waals surface area contributed by atoms with Gasteiger partial charge in [0.2, 0.25) is 5.91 Å². The molecule has 0 spiro atoms. The van der Waals surface area contributed by atoms with Crippen LogP contribution in [0.1, 0.15) is 5.56 Å². The first-order chi connectivity index (χ1) is 13.7. The third kappa shape index (κ3) is 4.54. The van der Waals surface area contributed by atoms with Crippen LogP contribution in [0.25, 0.3) is 0 Å². The zero-order valence-corrected chi connectivity index (χ0v) is 16.5. The van der Waals surface area contributed by atoms with Gasteiger partial charge in [0, 0.05) is 44.3 Å². The SMILES string of the molecule is O=C(Cc1ccc(Cl)cc1)N1CCN(c2ccc(N3CCOCC3)nn2)CC1. The highest BCUT2D eigenvalue weighted by Gasteiger charge is 2.22. The predicted octanol–water partition coefficient (Wildman–Crippen LogP) is 1.86. The van der Waals surface area contributed by atoms with Gasteiger partial charge in [-0.1, -0.05) is 23.7 Å². The van der Waals surface area contributed by atoms with Gasteiger partial charge >= 0.3 is 0 Å². The van der Waals surface area contributed by atoms with E-state index in [2.05, 4.69) is 20.0 Å². The number of rotatable bonds is 4. The largest absolute Gasteiger partial charge is 0.378 e. The Kier molecular flexibility index (Phi) is 5.92. The Morgan fingerprint density at radius 3 is 2.00 bits per heavy atom. The molecule has 1 aromatic carbocycles. The number of nitrogens with zero attached hydrogens (tertiary/aromatic N) is 5. The van der Waals surface area contributed by atoms with Crippen molar-refractivity contribution in [1.82, 2.24) is 15.1 Å². The van der Waals surface area contributed by atoms with Crippen LogP contribution in [0.5, 0.6) is 0 Å². The average molecular weight is 402 g/mol. The van der Waals surface area contributed by atoms with Crippen molar-refractivity contribution in [3.63, 3.8) is 0 Å². The molecule has 1 amide bonds. The Morgan fingerprint density at radius 1 is 0.857 bits per heavy atom. The maximum Gasteiger partial charge on any atom is 0.227 e. The summed E-state index contributed by atoms with van der Waals surface area (Å²) in [5, 5.41) is 9.47. The van der Waals surface area contributed by atoms with E-state index >= 15 is 0 Å². The summed E-state index contributed by atoms with van der Waals surface area (Å²) in [5.41, 5.74) is 0.987. The van der Waals surface area contributed by atoms with Crippen molar-refractivity contribution in [2.45, 2.75) is 6.42 Å². The number of anilines is 2. The maximum atomic E-state index is 12.5. The summed E-state index contributed by atoms with van der Waals surface area (Å²) >= 11 is 5.90. The van der Waals surface area contributed by atoms with Gasteiger partial charge in [0.1, 0.15) is 0 Å². The van der Waals surface area contributed by atoms with Crippen LogP contribution >= 0.6 is 11.6 Å². The predicted molar refractivity (Wildman–Crippen MR) is 109 cm³/mol. The Bertz CT molecular complexity index is 785. The van der Waals surface area contributed by atoms with Crippen LogP contribution in [-0.2, 0) is 16.0 Å². The number of hydrogen-bond donors (Lipinski definition) is 0. The van der Waals surface area contributed by atoms with Gasteiger partial charge < -0.3 is 19.4 Å². The fraction of sp³-hybridized carbons (Fsp3) is 0.450. The molecule has 1 aromatic heterocycles. The molecule has 0 N–H and O–H groups in total. The molecule has 0 unspecified atom stereocenters. The van der Waals surface area contributed by atoms with Crippen molar-refractivity contribution in [3.8, 4) is 0 Å². The molecule has 2 aromatic rings. The first-order valence-electron chi connectivity index (χ1n) is 9.63. The summed E-state index contributed by atoms with van der Waals surface area (Å²) in [4.78, 5) is 18.8. The quantitative estimate of drug-likeness (QED) is 0.779. The third-order valence-electron chi connectivity index (χ3n) is 5.20. The van der Waals surface area contributed by atoms with Crippen molar-refractivity contribution < 1.29 is 9.53 Å². The number of morpholine rings is 1. The second kappa shape index (κ2) is 8.75. The highest BCUT2D eigenvalue weighted by Crippen LogP contribution is 2.18. The Morgan fingerprint density at radius 2 is 1.43 bits per heavy atom. The summed E-state index contributed by atoms with van der Waals surface area (Å²) in [6, 6.07) is 11.5. The minimum absolute atomic E-state index is 0.149. The van der Waals surface area contributed by atoms with E-state index in [1.54, 1.807) is 0 Å². The van der Waals surface area contributed by atoms with E-state index in [9.17, 15) is 4.79 Å². The highest BCUT2D eigenvalue weighted by atomic mass is 35.5. The highest BCUT2D eigenvalue weighted by molar-refractivity contribution is 6.30. The van der Waals surface area contributed by atoms with E-state index < -0.39 is 0 Å². The second-order valence-corrected chi connectivity index (χ2v) is 7.46. The first kappa shape index (κ1) is 19.0. The van der Waals surface area contributed by atoms with E-state index in [1.807, 2.05) is 41.3 Å². The van der Waals surface area contributed by atoms with Crippen molar-refractivity contribution in [1.29, 1.82) is 0 Å². The number of carbonyl (C=O) groups excluding carboxylic acids is 1. The first-order valence-corrected chi connectivity index (χ1v) is 10.0. The third-order valence-corrected chi connectivity index (χ3v) is 5.45. The molecule has 0 bridgehead atoms. The molecule has 7 nitrogen and oxygen atoms in total. The van der Waals surface area contributed by atoms with Gasteiger partial charge in [0.25, 0.3) is 0 Å². The van der Waals surface area contributed by atoms with E-state index in [4.69, 9.17) is 16.3 Å². The number of halogens is 1. The van der Waals surface area contributed by atoms with Crippen LogP contribution in [0.15, 0.2) is 36.4 Å². The minimum atomic E-state index is 0.149. The second-order valence-electron chi connectivity index (χ2n) is 7.02. The molecular weight excluding hydrogens is 378 g/mol. The molecule has 4 rings (SSSR count). The van der Waals surface area contributed by atoms with Crippen LogP contribution in [0.2, 0.25) is 5.02 Å². The number of amides is 1. The zero-order valence-electron chi connectivity index (χ0n) is 15.8. The molecule has 148 valence electrons. The molecule has 8 heteroatoms. The number of aromatic nitrogens is 2. The van der Waals surface area contributed by atoms with E-state index in [0.717, 1.165) is 56.6 Å². The summed E-state index contributed by atoms with van der Waals surface area (Å²) < 4.78 is 5.38. The Labute approximate surface area is 169 Å². The lowest BCUT2D eigenvalue weighted by atomic mass is 10.1. The molecule has 2 aliphatic heterocycles. The summed E-state index contributed by atoms with van der Waals surface area (Å²) in [6.07, 6.45) is 0.408. The van der Waals surface area contributed by atoms with Gasteiger partial charge in [-0.05, 0) is 29.8 Å². The number of hydrogen-bond acceptors (Lipinski definition) is 6. The molecule has 0 saturated carbocycles. The molecule has 0 radical (unpaired) electrons. The van der Waals surface area contributed by atoms with Crippen molar-refractivity contribution in [2.24, 2.45) is 0 Å². The lowest BCUT2D eigenvalue weighted by Gasteiger charge is -2.35. The summed E-state index contributed by atoms with van der Waals surface area (Å²) in [5.74, 6) is 1.90. The van der Waals surface area contributed by atoms with Crippen LogP contribution in [0.4, 0.5) is 11.6 Å². The van der Waals surface area contributed by atoms with Crippen LogP contribution in [0.3, 0.4) is 0 Å². The fourth-order valence-corrected chi connectivity index (χ4v) is 3.65. The normalized spacial score (nSPS) is 17.7. The number of ether oxygens (including phenoxy) is 1. The number of piperazine rings is 1. The lowest BCUT2D eigenvalue weighted by Crippen LogP contribution is -2.49. The smallest absolute Gasteiger partial charge is 0.227 e. The van der Waals surface area contributed by atoms with Crippen molar-refractivity contribution in [3.05, 3.63) is 47.0 Å². The van der Waals surface area contributed by atoms with Crippen molar-refractivity contribution >= 4 is 29.1 Å². The molecule has 2 fully saturated rings. The molecule has 3 heterocycles. The fourth-order valence-electron chi connectivity index (χ4n) is 3.52. The molecule has 0 aliphatic carbocycles. The van der Waals surface area contributed by atoms with Crippen molar-refractivity contribution in [2.75, 3.05) is 62.3 Å². The van der Waals surface area contributed by atoms with Gasteiger partial charge in [0.15, 0.2) is 11.6 Å². The monoisotopic (exact) mass is 401 g/mol. The molecule has 28 heavy (non-hydrogen) atoms. The van der Waals surface area contributed by atoms with Gasteiger partial charge in [-0.3, -0.25) is 4.79 Å². The van der Waals surface area contributed by atoms with Crippen LogP contribution in [-0.4, -0.2) is 73.5 Å². The average Bonchev–Trinajstić information content (AvgIpc) is 2.76. The van der Waals surface area contributed by atoms with Crippen LogP contribution in [0, 0.1) is 0 Å². The van der Waals surface area contributed by atoms with Crippen LogP contribution < -0.4 is 9.80 Å². The summed E-state index contributed by atoms with van der Waals surface area (Å²) in [7, 11) is 0. The Balaban J connectivity index is 1.29. The van der Waals surface area contributed by atoms with E-state index in [0.29, 0.717) is 24.5 Å². The van der Waals surface area contributed by atoms with Gasteiger partial charge in [-0.25, -0.2) is 0 Å². The molecule has 0 atom stereocenters. The topological polar surface area (TPSA) is 61.8 Å². The summed E-state index contributed by atoms with van der Waals surface area (Å²) in [6.45, 7) is 6.07. The standard InChI is InChI=1S/C20H24ClN5O2/c21-17-3-1-16(2-4-17)15-20(27)26-9-7-24(8-10-26)18-5-6-19(23-22-18)25-11-13-28-14-12-25/h1-6H,7-15H2. The molecule has 2 aliphatic rings. The molecule has 2 saturated heterocycles. The van der Waals surface area contributed by atoms with E-state index in [-0.39, 0.29) is 5.91 Å².